The predicted octanol–water partition coefficient (Wildman–Crippen LogP) is -2.60. The number of aliphatic hydroxyl groups excluding tert-OH is 3. The molecule has 44 heavy (non-hydrogen) atoms. The monoisotopic (exact) mass is 645 g/mol. The van der Waals surface area contributed by atoms with Crippen LogP contribution in [0.4, 0.5) is 0 Å². The van der Waals surface area contributed by atoms with Gasteiger partial charge in [0.1, 0.15) is 53.7 Å². The molecular formula is C24H30N4O15P+. The van der Waals surface area contributed by atoms with E-state index in [2.05, 4.69) is 19.0 Å². The number of nitrogens with one attached hydrogen (secondary N) is 3. The molecule has 0 aliphatic heterocycles. The lowest BCUT2D eigenvalue weighted by atomic mass is 10.1. The molecule has 2 heterocycles. The number of hydrogen-bond donors (Lipinski definition) is 10. The molecule has 3 aromatic rings. The normalized spacial score (nSPS) is 16.5. The number of aliphatic hydroxyl groups is 3. The summed E-state index contributed by atoms with van der Waals surface area (Å²) in [6, 6.07) is 3.81. The number of carboxylic acids is 2. The van der Waals surface area contributed by atoms with Crippen LogP contribution >= 0.6 is 7.82 Å². The van der Waals surface area contributed by atoms with Gasteiger partial charge < -0.3 is 40.8 Å². The fraction of sp³-hybridized carbons (Fsp3) is 0.417. The first-order valence-electron chi connectivity index (χ1n) is 12.8. The second-order valence-corrected chi connectivity index (χ2v) is 11.0. The summed E-state index contributed by atoms with van der Waals surface area (Å²) in [4.78, 5) is 72.9. The lowest BCUT2D eigenvalue weighted by molar-refractivity contribution is -0.656. The van der Waals surface area contributed by atoms with Crippen LogP contribution in [0.1, 0.15) is 19.8 Å². The van der Waals surface area contributed by atoms with Crippen LogP contribution in [-0.2, 0) is 34.5 Å². The van der Waals surface area contributed by atoms with Gasteiger partial charge in [0.15, 0.2) is 0 Å². The highest BCUT2D eigenvalue weighted by Gasteiger charge is 2.34. The Kier molecular flexibility index (Phi) is 10.9. The van der Waals surface area contributed by atoms with Crippen molar-refractivity contribution >= 4 is 47.6 Å². The number of aromatic nitrogens is 3. The molecule has 0 bridgehead atoms. The first kappa shape index (κ1) is 34.3. The van der Waals surface area contributed by atoms with E-state index in [1.807, 2.05) is 5.32 Å². The number of hydrogen-bond acceptors (Lipinski definition) is 12. The number of benzene rings is 1. The van der Waals surface area contributed by atoms with E-state index in [1.54, 1.807) is 0 Å². The summed E-state index contributed by atoms with van der Waals surface area (Å²) in [5, 5.41) is 61.7. The molecule has 0 spiro atoms. The lowest BCUT2D eigenvalue weighted by Gasteiger charge is -2.24. The minimum atomic E-state index is -5.14. The van der Waals surface area contributed by atoms with Gasteiger partial charge in [-0.15, -0.1) is 0 Å². The van der Waals surface area contributed by atoms with Gasteiger partial charge in [-0.05, 0) is 31.5 Å². The van der Waals surface area contributed by atoms with Gasteiger partial charge in [0, 0.05) is 17.9 Å². The van der Waals surface area contributed by atoms with Crippen molar-refractivity contribution in [3.63, 3.8) is 0 Å². The van der Waals surface area contributed by atoms with Crippen molar-refractivity contribution in [2.45, 2.75) is 56.8 Å². The van der Waals surface area contributed by atoms with Gasteiger partial charge in [-0.3, -0.25) is 28.4 Å². The van der Waals surface area contributed by atoms with Gasteiger partial charge in [-0.25, -0.2) is 18.7 Å². The van der Waals surface area contributed by atoms with E-state index in [4.69, 9.17) is 10.2 Å². The highest BCUT2D eigenvalue weighted by Crippen LogP contribution is 2.44. The number of pyridine rings is 1. The number of carbonyl (C=O) groups is 3. The van der Waals surface area contributed by atoms with Gasteiger partial charge in [0.2, 0.25) is 5.91 Å². The second kappa shape index (κ2) is 14.0. The number of phosphoric acid groups is 1. The summed E-state index contributed by atoms with van der Waals surface area (Å²) in [6.07, 6.45) is -8.83. The number of aromatic hydroxyl groups is 1. The number of carboxylic acid groups (broad SMARTS) is 2. The summed E-state index contributed by atoms with van der Waals surface area (Å²) < 4.78 is 22.8. The highest BCUT2D eigenvalue weighted by molar-refractivity contribution is 7.47. The zero-order valence-electron chi connectivity index (χ0n) is 22.8. The number of nitrogens with zero attached hydrogens (tertiary/aromatic N) is 1. The predicted molar refractivity (Wildman–Crippen MR) is 145 cm³/mol. The third-order valence-corrected chi connectivity index (χ3v) is 7.38. The second-order valence-electron chi connectivity index (χ2n) is 9.64. The lowest BCUT2D eigenvalue weighted by Crippen LogP contribution is -2.50. The van der Waals surface area contributed by atoms with Crippen LogP contribution in [0.15, 0.2) is 33.9 Å². The van der Waals surface area contributed by atoms with Crippen LogP contribution in [0.25, 0.3) is 21.9 Å². The number of aliphatic carboxylic acids is 2. The maximum absolute atomic E-state index is 12.4. The topological polar surface area (TPSA) is 310 Å². The van der Waals surface area contributed by atoms with E-state index in [0.717, 1.165) is 6.92 Å². The van der Waals surface area contributed by atoms with E-state index >= 15 is 0 Å². The molecule has 0 aliphatic carbocycles. The Hall–Kier alpha value is -4.23. The van der Waals surface area contributed by atoms with E-state index < -0.39 is 93.4 Å². The molecule has 2 aromatic heterocycles. The van der Waals surface area contributed by atoms with Crippen LogP contribution < -0.4 is 21.1 Å². The summed E-state index contributed by atoms with van der Waals surface area (Å²) in [5.74, 6) is -4.28. The molecule has 0 fully saturated rings. The van der Waals surface area contributed by atoms with E-state index in [1.165, 1.54) is 28.8 Å². The van der Waals surface area contributed by atoms with E-state index in [0.29, 0.717) is 5.39 Å². The van der Waals surface area contributed by atoms with Crippen LogP contribution in [0.3, 0.4) is 0 Å². The summed E-state index contributed by atoms with van der Waals surface area (Å²) in [6.45, 7) is -0.730. The number of aromatic amines is 2. The molecule has 1 aromatic carbocycles. The van der Waals surface area contributed by atoms with Crippen LogP contribution in [0.2, 0.25) is 0 Å². The average molecular weight is 645 g/mol. The van der Waals surface area contributed by atoms with Crippen molar-refractivity contribution < 1.29 is 68.1 Å². The van der Waals surface area contributed by atoms with Crippen LogP contribution in [-0.4, -0.2) is 100 Å². The number of phenols is 1. The van der Waals surface area contributed by atoms with Crippen molar-refractivity contribution in [1.29, 1.82) is 0 Å². The van der Waals surface area contributed by atoms with Crippen molar-refractivity contribution in [3.05, 3.63) is 45.1 Å². The molecule has 240 valence electrons. The number of rotatable bonds is 15. The van der Waals surface area contributed by atoms with Gasteiger partial charge in [0.25, 0.3) is 11.2 Å². The third kappa shape index (κ3) is 8.66. The maximum atomic E-state index is 12.4. The Labute approximate surface area is 245 Å². The molecule has 0 saturated heterocycles. The number of carbonyl (C=O) groups excluding carboxylic acids is 1. The number of phosphoric ester groups is 1. The van der Waals surface area contributed by atoms with Crippen molar-refractivity contribution in [3.8, 4) is 5.75 Å². The zero-order valence-corrected chi connectivity index (χ0v) is 23.7. The number of phenolic OH excluding ortho intramolecular Hbond substituents is 1. The SMILES string of the molecule is C[C@H](OP(=O)(O)OC[C@@H](O)[C@@H](O)[C@@H](O)C[n+]1c2cc(O)ccc2cc2c(=O)[nH]c(=O)[nH]c21)C(=O)N[C@@H](CCC(=O)O)C(=O)O. The molecule has 20 heteroatoms. The molecule has 1 amide bonds. The first-order valence-corrected chi connectivity index (χ1v) is 14.3. The smallest absolute Gasteiger partial charge is 0.473 e. The van der Waals surface area contributed by atoms with Crippen molar-refractivity contribution in [1.82, 2.24) is 15.3 Å². The minimum Gasteiger partial charge on any atom is -0.508 e. The van der Waals surface area contributed by atoms with E-state index in [-0.39, 0.29) is 22.3 Å². The van der Waals surface area contributed by atoms with E-state index in [9.17, 15) is 53.9 Å². The van der Waals surface area contributed by atoms with Gasteiger partial charge in [-0.1, -0.05) is 0 Å². The van der Waals surface area contributed by atoms with Crippen LogP contribution in [0.5, 0.6) is 5.75 Å². The fourth-order valence-corrected chi connectivity index (χ4v) is 4.99. The Bertz CT molecular complexity index is 1720. The molecule has 10 N–H and O–H groups in total. The number of amides is 1. The Balaban J connectivity index is 1.69. The van der Waals surface area contributed by atoms with Crippen LogP contribution in [0, 0.1) is 0 Å². The van der Waals surface area contributed by atoms with Gasteiger partial charge in [0.05, 0.1) is 6.61 Å². The Morgan fingerprint density at radius 1 is 1.07 bits per heavy atom. The minimum absolute atomic E-state index is 0.0125. The van der Waals surface area contributed by atoms with Gasteiger partial charge in [-0.2, -0.15) is 4.98 Å². The molecular weight excluding hydrogens is 615 g/mol. The average Bonchev–Trinajstić information content (AvgIpc) is 2.93. The number of fused-ring (bicyclic) bond motifs is 2. The molecule has 0 aliphatic rings. The first-order chi connectivity index (χ1) is 20.5. The van der Waals surface area contributed by atoms with Crippen molar-refractivity contribution in [2.75, 3.05) is 6.61 Å². The highest BCUT2D eigenvalue weighted by atomic mass is 31.2. The Morgan fingerprint density at radius 3 is 2.39 bits per heavy atom. The zero-order chi connectivity index (χ0) is 32.9. The Morgan fingerprint density at radius 2 is 1.75 bits per heavy atom. The molecule has 6 atom stereocenters. The summed E-state index contributed by atoms with van der Waals surface area (Å²) in [7, 11) is -5.14. The standard InChI is InChI=1S/C24H29N4O15P/c1-10(21(35)25-14(23(37)38)4-5-18(32)33)43-44(40,41)42-9-17(31)19(34)16(30)8-28-15-7-12(29)3-2-11(15)6-13-20(28)26-24(39)27-22(13)36/h2-3,6-7,10,14,16-17,19,30-31,34H,4-5,8-9H2,1H3,(H6,25,26,27,29,32,33,35,36,37,38,39,40,41)/p+1/t10-,14-,16-,17+,19-/m0/s1. The molecule has 0 saturated carbocycles. The quantitative estimate of drug-likeness (QED) is 0.0460. The molecule has 1 unspecified atom stereocenters. The van der Waals surface area contributed by atoms with Gasteiger partial charge >= 0.3 is 25.5 Å². The summed E-state index contributed by atoms with van der Waals surface area (Å²) >= 11 is 0. The molecule has 19 nitrogen and oxygen atoms in total. The van der Waals surface area contributed by atoms with Crippen molar-refractivity contribution in [2.24, 2.45) is 0 Å². The number of H-pyrrole nitrogens is 2. The fourth-order valence-electron chi connectivity index (χ4n) is 4.10. The summed E-state index contributed by atoms with van der Waals surface area (Å²) in [5.41, 5.74) is -1.54. The maximum Gasteiger partial charge on any atom is 0.473 e. The largest absolute Gasteiger partial charge is 0.508 e. The third-order valence-electron chi connectivity index (χ3n) is 6.32. The molecule has 3 rings (SSSR count). The molecule has 0 radical (unpaired) electrons.